The summed E-state index contributed by atoms with van der Waals surface area (Å²) in [5.74, 6) is 0.887. The van der Waals surface area contributed by atoms with Gasteiger partial charge in [-0.25, -0.2) is 0 Å². The summed E-state index contributed by atoms with van der Waals surface area (Å²) in [6.07, 6.45) is 0.927. The molecule has 5 nitrogen and oxygen atoms in total. The predicted octanol–water partition coefficient (Wildman–Crippen LogP) is 3.28. The molecule has 1 saturated heterocycles. The topological polar surface area (TPSA) is 53.0 Å². The van der Waals surface area contributed by atoms with E-state index in [1.807, 2.05) is 67.4 Å². The second kappa shape index (κ2) is 9.22. The maximum absolute atomic E-state index is 13.2. The molecule has 1 aliphatic heterocycles. The molecule has 2 atom stereocenters. The highest BCUT2D eigenvalue weighted by Crippen LogP contribution is 2.31. The molecule has 2 aromatic carbocycles. The van der Waals surface area contributed by atoms with Crippen LogP contribution in [-0.4, -0.2) is 66.2 Å². The van der Waals surface area contributed by atoms with Crippen LogP contribution in [0.5, 0.6) is 5.75 Å². The first-order valence-corrected chi connectivity index (χ1v) is 10.0. The number of likely N-dealkylation sites (N-methyl/N-ethyl adjacent to an activating group) is 1. The van der Waals surface area contributed by atoms with Crippen molar-refractivity contribution in [2.45, 2.75) is 32.4 Å². The number of aliphatic hydroxyl groups is 1. The normalized spacial score (nSPS) is 19.2. The minimum atomic E-state index is 0.0585. The lowest BCUT2D eigenvalue weighted by Gasteiger charge is -2.30. The molecule has 1 N–H and O–H groups in total. The van der Waals surface area contributed by atoms with Crippen molar-refractivity contribution >= 4 is 5.91 Å². The van der Waals surface area contributed by atoms with Crippen LogP contribution in [0.4, 0.5) is 0 Å². The zero-order chi connectivity index (χ0) is 20.1. The summed E-state index contributed by atoms with van der Waals surface area (Å²) in [4.78, 5) is 17.3. The van der Waals surface area contributed by atoms with E-state index < -0.39 is 0 Å². The van der Waals surface area contributed by atoms with Gasteiger partial charge in [0, 0.05) is 36.3 Å². The van der Waals surface area contributed by atoms with Gasteiger partial charge in [-0.05, 0) is 51.1 Å². The van der Waals surface area contributed by atoms with Gasteiger partial charge in [-0.2, -0.15) is 0 Å². The van der Waals surface area contributed by atoms with Gasteiger partial charge in [-0.1, -0.05) is 30.3 Å². The van der Waals surface area contributed by atoms with E-state index in [1.165, 1.54) is 0 Å². The van der Waals surface area contributed by atoms with Gasteiger partial charge in [0.2, 0.25) is 0 Å². The molecule has 1 fully saturated rings. The Morgan fingerprint density at radius 2 is 2.04 bits per heavy atom. The van der Waals surface area contributed by atoms with Crippen LogP contribution in [0, 0.1) is 0 Å². The number of hydrogen-bond acceptors (Lipinski definition) is 4. The van der Waals surface area contributed by atoms with Crippen molar-refractivity contribution in [2.75, 3.05) is 33.4 Å². The first-order chi connectivity index (χ1) is 13.6. The van der Waals surface area contributed by atoms with Gasteiger partial charge < -0.3 is 14.7 Å². The van der Waals surface area contributed by atoms with E-state index in [2.05, 4.69) is 11.8 Å². The fourth-order valence-electron chi connectivity index (χ4n) is 4.09. The van der Waals surface area contributed by atoms with Crippen molar-refractivity contribution in [3.8, 4) is 16.9 Å². The van der Waals surface area contributed by atoms with Gasteiger partial charge in [-0.3, -0.25) is 9.69 Å². The average Bonchev–Trinajstić information content (AvgIpc) is 3.10. The zero-order valence-electron chi connectivity index (χ0n) is 17.0. The fourth-order valence-corrected chi connectivity index (χ4v) is 4.09. The number of nitrogens with zero attached hydrogens (tertiary/aromatic N) is 2. The number of para-hydroxylation sites is 1. The highest BCUT2D eigenvalue weighted by atomic mass is 16.5. The molecule has 3 rings (SSSR count). The third-order valence-corrected chi connectivity index (χ3v) is 5.60. The molecule has 2 aromatic rings. The van der Waals surface area contributed by atoms with Gasteiger partial charge >= 0.3 is 0 Å². The Balaban J connectivity index is 1.82. The molecule has 1 heterocycles. The van der Waals surface area contributed by atoms with Crippen molar-refractivity contribution in [3.63, 3.8) is 0 Å². The molecule has 0 saturated carbocycles. The van der Waals surface area contributed by atoms with Crippen LogP contribution in [0.15, 0.2) is 48.5 Å². The number of benzene rings is 2. The Bertz CT molecular complexity index is 808. The number of amides is 1. The number of likely N-dealkylation sites (tertiary alicyclic amines) is 1. The van der Waals surface area contributed by atoms with E-state index in [9.17, 15) is 9.90 Å². The zero-order valence-corrected chi connectivity index (χ0v) is 17.0. The molecule has 5 heteroatoms. The molecule has 0 bridgehead atoms. The van der Waals surface area contributed by atoms with Crippen molar-refractivity contribution < 1.29 is 14.6 Å². The monoisotopic (exact) mass is 382 g/mol. The SMILES string of the molecule is CCOc1ccccc1-c1cccc(C(=O)N2CC[C@@H](N(C)CCO)[C@H]2C)c1. The molecule has 0 radical (unpaired) electrons. The van der Waals surface area contributed by atoms with Crippen LogP contribution >= 0.6 is 0 Å². The third kappa shape index (κ3) is 4.21. The summed E-state index contributed by atoms with van der Waals surface area (Å²) in [7, 11) is 2.01. The van der Waals surface area contributed by atoms with E-state index in [-0.39, 0.29) is 24.6 Å². The van der Waals surface area contributed by atoms with Crippen molar-refractivity contribution in [2.24, 2.45) is 0 Å². The third-order valence-electron chi connectivity index (χ3n) is 5.60. The van der Waals surface area contributed by atoms with Crippen LogP contribution in [-0.2, 0) is 0 Å². The summed E-state index contributed by atoms with van der Waals surface area (Å²) < 4.78 is 5.75. The Kier molecular flexibility index (Phi) is 6.70. The number of rotatable bonds is 7. The summed E-state index contributed by atoms with van der Waals surface area (Å²) in [5.41, 5.74) is 2.67. The number of aliphatic hydroxyl groups excluding tert-OH is 1. The lowest BCUT2D eigenvalue weighted by atomic mass is 10.0. The van der Waals surface area contributed by atoms with Crippen LogP contribution in [0.25, 0.3) is 11.1 Å². The predicted molar refractivity (Wildman–Crippen MR) is 112 cm³/mol. The van der Waals surface area contributed by atoms with Gasteiger partial charge in [-0.15, -0.1) is 0 Å². The Morgan fingerprint density at radius 1 is 1.25 bits per heavy atom. The molecule has 0 aliphatic carbocycles. The van der Waals surface area contributed by atoms with Crippen molar-refractivity contribution in [1.29, 1.82) is 0 Å². The Morgan fingerprint density at radius 3 is 2.79 bits per heavy atom. The highest BCUT2D eigenvalue weighted by molar-refractivity contribution is 5.96. The molecule has 0 aromatic heterocycles. The van der Waals surface area contributed by atoms with Crippen LogP contribution in [0.3, 0.4) is 0 Å². The first kappa shape index (κ1) is 20.4. The second-order valence-electron chi connectivity index (χ2n) is 7.31. The lowest BCUT2D eigenvalue weighted by molar-refractivity contribution is 0.0706. The number of carbonyl (C=O) groups excluding carboxylic acids is 1. The Hall–Kier alpha value is -2.37. The molecule has 0 spiro atoms. The average molecular weight is 383 g/mol. The van der Waals surface area contributed by atoms with Crippen molar-refractivity contribution in [3.05, 3.63) is 54.1 Å². The van der Waals surface area contributed by atoms with Crippen LogP contribution in [0.1, 0.15) is 30.6 Å². The summed E-state index contributed by atoms with van der Waals surface area (Å²) >= 11 is 0. The fraction of sp³-hybridized carbons (Fsp3) is 0.435. The van der Waals surface area contributed by atoms with Crippen LogP contribution in [0.2, 0.25) is 0 Å². The number of carbonyl (C=O) groups is 1. The number of hydrogen-bond donors (Lipinski definition) is 1. The van der Waals surface area contributed by atoms with E-state index in [1.54, 1.807) is 0 Å². The summed E-state index contributed by atoms with van der Waals surface area (Å²) in [6.45, 7) is 6.16. The standard InChI is InChI=1S/C23H30N2O3/c1-4-28-22-11-6-5-10-20(22)18-8-7-9-19(16-18)23(27)25-13-12-21(17(25)2)24(3)14-15-26/h5-11,16-17,21,26H,4,12-15H2,1-3H3/t17-,21-/m1/s1. The van der Waals surface area contributed by atoms with Gasteiger partial charge in [0.05, 0.1) is 13.2 Å². The van der Waals surface area contributed by atoms with E-state index in [0.29, 0.717) is 18.7 Å². The van der Waals surface area contributed by atoms with Gasteiger partial charge in [0.1, 0.15) is 5.75 Å². The molecule has 0 unspecified atom stereocenters. The smallest absolute Gasteiger partial charge is 0.254 e. The summed E-state index contributed by atoms with van der Waals surface area (Å²) in [5, 5.41) is 9.20. The quantitative estimate of drug-likeness (QED) is 0.798. The first-order valence-electron chi connectivity index (χ1n) is 10.0. The second-order valence-corrected chi connectivity index (χ2v) is 7.31. The molecule has 28 heavy (non-hydrogen) atoms. The van der Waals surface area contributed by atoms with E-state index in [0.717, 1.165) is 29.8 Å². The largest absolute Gasteiger partial charge is 0.493 e. The number of ether oxygens (including phenoxy) is 1. The lowest BCUT2D eigenvalue weighted by Crippen LogP contribution is -2.44. The maximum atomic E-state index is 13.2. The van der Waals surface area contributed by atoms with Gasteiger partial charge in [0.25, 0.3) is 5.91 Å². The van der Waals surface area contributed by atoms with E-state index in [4.69, 9.17) is 4.74 Å². The molecule has 150 valence electrons. The molecular formula is C23H30N2O3. The molecular weight excluding hydrogens is 352 g/mol. The minimum Gasteiger partial charge on any atom is -0.493 e. The van der Waals surface area contributed by atoms with E-state index >= 15 is 0 Å². The maximum Gasteiger partial charge on any atom is 0.254 e. The summed E-state index contributed by atoms with van der Waals surface area (Å²) in [6, 6.07) is 16.1. The molecule has 1 amide bonds. The molecule has 1 aliphatic rings. The highest BCUT2D eigenvalue weighted by Gasteiger charge is 2.36. The minimum absolute atomic E-state index is 0.0585. The van der Waals surface area contributed by atoms with Crippen molar-refractivity contribution in [1.82, 2.24) is 9.80 Å². The van der Waals surface area contributed by atoms with Crippen LogP contribution < -0.4 is 4.74 Å². The van der Waals surface area contributed by atoms with Gasteiger partial charge in [0.15, 0.2) is 0 Å². The Labute approximate surface area is 167 Å².